The molecule has 2 aliphatic carbocycles. The lowest BCUT2D eigenvalue weighted by molar-refractivity contribution is -0.123. The zero-order valence-corrected chi connectivity index (χ0v) is 9.87. The van der Waals surface area contributed by atoms with Crippen LogP contribution in [0.25, 0.3) is 0 Å². The van der Waals surface area contributed by atoms with Crippen LogP contribution in [-0.2, 0) is 9.59 Å². The summed E-state index contributed by atoms with van der Waals surface area (Å²) in [4.78, 5) is 26.0. The molecule has 5 nitrogen and oxygen atoms in total. The van der Waals surface area contributed by atoms with E-state index in [1.807, 2.05) is 0 Å². The number of hydrogen-bond acceptors (Lipinski definition) is 4. The summed E-state index contributed by atoms with van der Waals surface area (Å²) in [5.41, 5.74) is 0. The summed E-state index contributed by atoms with van der Waals surface area (Å²) in [6, 6.07) is 1.63. The topological polar surface area (TPSA) is 63.4 Å². The predicted octanol–water partition coefficient (Wildman–Crippen LogP) is 1.29. The van der Waals surface area contributed by atoms with E-state index in [2.05, 4.69) is 17.3 Å². The Morgan fingerprint density at radius 1 is 1.22 bits per heavy atom. The van der Waals surface area contributed by atoms with E-state index in [-0.39, 0.29) is 35.5 Å². The van der Waals surface area contributed by atoms with Gasteiger partial charge >= 0.3 is 0 Å². The van der Waals surface area contributed by atoms with Crippen LogP contribution in [0.5, 0.6) is 0 Å². The normalized spacial score (nSPS) is 36.8. The molecule has 18 heavy (non-hydrogen) atoms. The highest BCUT2D eigenvalue weighted by molar-refractivity contribution is 6.22. The molecule has 0 spiro atoms. The number of carbonyl (C=O) groups excluding carboxylic acids is 2. The number of rotatable bonds is 1. The maximum Gasteiger partial charge on any atom is 0.239 e. The van der Waals surface area contributed by atoms with Gasteiger partial charge in [0.15, 0.2) is 5.82 Å². The molecular weight excluding hydrogens is 232 g/mol. The van der Waals surface area contributed by atoms with E-state index >= 15 is 0 Å². The van der Waals surface area contributed by atoms with Crippen LogP contribution in [0.3, 0.4) is 0 Å². The lowest BCUT2D eigenvalue weighted by Crippen LogP contribution is -2.33. The second-order valence-corrected chi connectivity index (χ2v) is 5.31. The maximum atomic E-state index is 12.4. The van der Waals surface area contributed by atoms with Crippen LogP contribution >= 0.6 is 0 Å². The standard InChI is InChI=1S/C13H12N2O3/c1-6-4-9(14-18-6)15-12(16)10-7-2-3-8(5-7)11(10)13(15)17/h2-4,7-8,10-11H,5H2,1H3/t7-,8+,10+,11-. The van der Waals surface area contributed by atoms with Crippen LogP contribution < -0.4 is 4.90 Å². The van der Waals surface area contributed by atoms with E-state index in [4.69, 9.17) is 4.52 Å². The molecule has 1 aromatic heterocycles. The molecule has 1 saturated heterocycles. The molecule has 0 radical (unpaired) electrons. The maximum absolute atomic E-state index is 12.4. The highest BCUT2D eigenvalue weighted by Gasteiger charge is 2.60. The summed E-state index contributed by atoms with van der Waals surface area (Å²) in [6.45, 7) is 1.74. The molecule has 0 N–H and O–H groups in total. The van der Waals surface area contributed by atoms with Gasteiger partial charge in [0, 0.05) is 6.07 Å². The van der Waals surface area contributed by atoms with Gasteiger partial charge in [-0.2, -0.15) is 0 Å². The van der Waals surface area contributed by atoms with Crippen molar-refractivity contribution in [2.75, 3.05) is 4.90 Å². The first kappa shape index (κ1) is 10.1. The first-order valence-corrected chi connectivity index (χ1v) is 6.16. The fourth-order valence-electron chi connectivity index (χ4n) is 3.59. The summed E-state index contributed by atoms with van der Waals surface area (Å²) < 4.78 is 4.95. The first-order chi connectivity index (χ1) is 8.66. The number of aromatic nitrogens is 1. The summed E-state index contributed by atoms with van der Waals surface area (Å²) in [7, 11) is 0. The van der Waals surface area contributed by atoms with Gasteiger partial charge in [0.05, 0.1) is 11.8 Å². The second kappa shape index (κ2) is 3.10. The van der Waals surface area contributed by atoms with E-state index in [0.29, 0.717) is 11.6 Å². The van der Waals surface area contributed by atoms with Crippen LogP contribution in [-0.4, -0.2) is 17.0 Å². The Bertz CT molecular complexity index is 559. The van der Waals surface area contributed by atoms with Crippen molar-refractivity contribution >= 4 is 17.6 Å². The number of anilines is 1. The lowest BCUT2D eigenvalue weighted by Gasteiger charge is -2.14. The fraction of sp³-hybridized carbons (Fsp3) is 0.462. The molecule has 3 aliphatic rings. The van der Waals surface area contributed by atoms with Crippen molar-refractivity contribution < 1.29 is 14.1 Å². The van der Waals surface area contributed by atoms with Gasteiger partial charge in [-0.25, -0.2) is 4.90 Å². The van der Waals surface area contributed by atoms with Crippen LogP contribution in [0.15, 0.2) is 22.7 Å². The average Bonchev–Trinajstić information content (AvgIpc) is 3.05. The number of imide groups is 1. The van der Waals surface area contributed by atoms with Gasteiger partial charge in [0.2, 0.25) is 11.8 Å². The fourth-order valence-corrected chi connectivity index (χ4v) is 3.59. The molecule has 92 valence electrons. The number of nitrogens with zero attached hydrogens (tertiary/aromatic N) is 2. The third-order valence-electron chi connectivity index (χ3n) is 4.31. The van der Waals surface area contributed by atoms with Gasteiger partial charge < -0.3 is 4.52 Å². The van der Waals surface area contributed by atoms with Crippen molar-refractivity contribution in [2.45, 2.75) is 13.3 Å². The molecule has 1 aliphatic heterocycles. The Hall–Kier alpha value is -1.91. The second-order valence-electron chi connectivity index (χ2n) is 5.31. The van der Waals surface area contributed by atoms with Crippen molar-refractivity contribution in [1.82, 2.24) is 5.16 Å². The van der Waals surface area contributed by atoms with Gasteiger partial charge in [-0.3, -0.25) is 9.59 Å². The Labute approximate surface area is 103 Å². The minimum absolute atomic E-state index is 0.116. The minimum Gasteiger partial charge on any atom is -0.360 e. The summed E-state index contributed by atoms with van der Waals surface area (Å²) in [5.74, 6) is 0.809. The Morgan fingerprint density at radius 3 is 2.33 bits per heavy atom. The quantitative estimate of drug-likeness (QED) is 0.551. The van der Waals surface area contributed by atoms with Crippen LogP contribution in [0.4, 0.5) is 5.82 Å². The molecule has 2 fully saturated rings. The van der Waals surface area contributed by atoms with Crippen molar-refractivity contribution in [2.24, 2.45) is 23.7 Å². The Morgan fingerprint density at radius 2 is 1.83 bits per heavy atom. The molecule has 0 unspecified atom stereocenters. The molecule has 2 bridgehead atoms. The van der Waals surface area contributed by atoms with Gasteiger partial charge in [-0.1, -0.05) is 17.3 Å². The van der Waals surface area contributed by atoms with E-state index < -0.39 is 0 Å². The molecule has 2 amide bonds. The van der Waals surface area contributed by atoms with Crippen molar-refractivity contribution in [3.05, 3.63) is 24.0 Å². The Balaban J connectivity index is 1.76. The number of hydrogen-bond donors (Lipinski definition) is 0. The third-order valence-corrected chi connectivity index (χ3v) is 4.31. The van der Waals surface area contributed by atoms with Gasteiger partial charge in [-0.15, -0.1) is 0 Å². The predicted molar refractivity (Wildman–Crippen MR) is 61.5 cm³/mol. The molecule has 1 saturated carbocycles. The van der Waals surface area contributed by atoms with Crippen LogP contribution in [0.2, 0.25) is 0 Å². The van der Waals surface area contributed by atoms with Gasteiger partial charge in [0.25, 0.3) is 0 Å². The summed E-state index contributed by atoms with van der Waals surface area (Å²) in [6.07, 6.45) is 5.10. The molecule has 4 atom stereocenters. The molecule has 4 rings (SSSR count). The van der Waals surface area contributed by atoms with E-state index in [1.165, 1.54) is 4.90 Å². The number of carbonyl (C=O) groups is 2. The summed E-state index contributed by atoms with van der Waals surface area (Å²) in [5, 5.41) is 3.79. The molecular formula is C13H12N2O3. The zero-order chi connectivity index (χ0) is 12.4. The average molecular weight is 244 g/mol. The molecule has 1 aromatic rings. The number of fused-ring (bicyclic) bond motifs is 5. The highest BCUT2D eigenvalue weighted by atomic mass is 16.5. The zero-order valence-electron chi connectivity index (χ0n) is 9.87. The first-order valence-electron chi connectivity index (χ1n) is 6.16. The van der Waals surface area contributed by atoms with E-state index in [9.17, 15) is 9.59 Å². The molecule has 5 heteroatoms. The molecule has 0 aromatic carbocycles. The Kier molecular flexibility index (Phi) is 1.73. The minimum atomic E-state index is -0.176. The largest absolute Gasteiger partial charge is 0.360 e. The number of allylic oxidation sites excluding steroid dienone is 2. The van der Waals surface area contributed by atoms with Crippen molar-refractivity contribution in [3.8, 4) is 0 Å². The highest BCUT2D eigenvalue weighted by Crippen LogP contribution is 2.53. The lowest BCUT2D eigenvalue weighted by atomic mass is 9.85. The number of aryl methyl sites for hydroxylation is 1. The smallest absolute Gasteiger partial charge is 0.239 e. The monoisotopic (exact) mass is 244 g/mol. The SMILES string of the molecule is Cc1cc(N2C(=O)[C@@H]3[C@H](C2=O)[C@H]2C=C[C@@H]3C2)no1. The van der Waals surface area contributed by atoms with Crippen LogP contribution in [0, 0.1) is 30.6 Å². The van der Waals surface area contributed by atoms with Gasteiger partial charge in [-0.05, 0) is 25.2 Å². The van der Waals surface area contributed by atoms with Gasteiger partial charge in [0.1, 0.15) is 5.76 Å². The van der Waals surface area contributed by atoms with E-state index in [1.54, 1.807) is 13.0 Å². The van der Waals surface area contributed by atoms with Crippen LogP contribution in [0.1, 0.15) is 12.2 Å². The number of amides is 2. The third kappa shape index (κ3) is 1.04. The van der Waals surface area contributed by atoms with E-state index in [0.717, 1.165) is 6.42 Å². The van der Waals surface area contributed by atoms with Crippen molar-refractivity contribution in [3.63, 3.8) is 0 Å². The summed E-state index contributed by atoms with van der Waals surface area (Å²) >= 11 is 0. The molecule has 2 heterocycles. The van der Waals surface area contributed by atoms with Crippen molar-refractivity contribution in [1.29, 1.82) is 0 Å².